The number of rotatable bonds is 4. The predicted octanol–water partition coefficient (Wildman–Crippen LogP) is 8.47. The largest absolute Gasteiger partial charge is 0.309 e. The number of fused-ring (bicyclic) bond motifs is 2. The molecule has 0 saturated heterocycles. The molecule has 0 radical (unpaired) electrons. The third-order valence-electron chi connectivity index (χ3n) is 9.34. The maximum Gasteiger partial charge on any atom is 0.241 e. The molecule has 0 fully saturated rings. The zero-order valence-corrected chi connectivity index (χ0v) is 23.7. The average Bonchev–Trinajstić information content (AvgIpc) is 3.08. The van der Waals surface area contributed by atoms with Crippen LogP contribution in [0.4, 0.5) is 17.1 Å². The number of hydrogen-bond acceptors (Lipinski definition) is 1. The molecule has 0 bridgehead atoms. The van der Waals surface area contributed by atoms with Crippen LogP contribution in [0, 0.1) is 0 Å². The van der Waals surface area contributed by atoms with Crippen molar-refractivity contribution in [3.05, 3.63) is 169 Å². The van der Waals surface area contributed by atoms with E-state index in [0.717, 1.165) is 6.42 Å². The average molecular weight is 545 g/mol. The molecular formula is C41H28BN. The Hall–Kier alpha value is -5.34. The van der Waals surface area contributed by atoms with Crippen molar-refractivity contribution >= 4 is 72.5 Å². The first kappa shape index (κ1) is 24.3. The van der Waals surface area contributed by atoms with Crippen molar-refractivity contribution in [1.29, 1.82) is 0 Å². The van der Waals surface area contributed by atoms with Gasteiger partial charge in [-0.1, -0.05) is 156 Å². The van der Waals surface area contributed by atoms with Gasteiger partial charge in [0.15, 0.2) is 0 Å². The van der Waals surface area contributed by atoms with E-state index in [2.05, 4.69) is 163 Å². The minimum atomic E-state index is 0.146. The lowest BCUT2D eigenvalue weighted by Crippen LogP contribution is -2.52. The first-order valence-electron chi connectivity index (χ1n) is 15.1. The summed E-state index contributed by atoms with van der Waals surface area (Å²) in [7, 11) is 0. The van der Waals surface area contributed by atoms with E-state index in [1.807, 2.05) is 0 Å². The molecule has 0 aromatic heterocycles. The summed E-state index contributed by atoms with van der Waals surface area (Å²) in [5.74, 6) is 0. The van der Waals surface area contributed by atoms with E-state index in [4.69, 9.17) is 0 Å². The summed E-state index contributed by atoms with van der Waals surface area (Å²) in [5, 5.41) is 7.87. The van der Waals surface area contributed by atoms with Gasteiger partial charge in [0.25, 0.3) is 0 Å². The molecule has 0 aliphatic carbocycles. The van der Waals surface area contributed by atoms with Gasteiger partial charge >= 0.3 is 0 Å². The lowest BCUT2D eigenvalue weighted by Gasteiger charge is -2.34. The Bertz CT molecular complexity index is 2190. The lowest BCUT2D eigenvalue weighted by atomic mass is 9.36. The second kappa shape index (κ2) is 9.61. The fourth-order valence-electron chi connectivity index (χ4n) is 7.45. The highest BCUT2D eigenvalue weighted by Gasteiger charge is 2.27. The van der Waals surface area contributed by atoms with Crippen LogP contribution in [0.2, 0.25) is 0 Å². The molecular weight excluding hydrogens is 517 g/mol. The summed E-state index contributed by atoms with van der Waals surface area (Å²) < 4.78 is 0. The molecule has 0 N–H and O–H groups in total. The zero-order chi connectivity index (χ0) is 28.3. The normalized spacial score (nSPS) is 12.5. The maximum absolute atomic E-state index is 2.48. The van der Waals surface area contributed by atoms with E-state index in [9.17, 15) is 0 Å². The zero-order valence-electron chi connectivity index (χ0n) is 23.7. The van der Waals surface area contributed by atoms with Crippen molar-refractivity contribution in [2.24, 2.45) is 0 Å². The number of anilines is 3. The molecule has 0 unspecified atom stereocenters. The number of para-hydroxylation sites is 2. The maximum atomic E-state index is 2.48. The third-order valence-corrected chi connectivity index (χ3v) is 9.34. The molecule has 43 heavy (non-hydrogen) atoms. The molecule has 9 rings (SSSR count). The van der Waals surface area contributed by atoms with Gasteiger partial charge in [-0.05, 0) is 56.3 Å². The highest BCUT2D eigenvalue weighted by atomic mass is 15.2. The van der Waals surface area contributed by atoms with Crippen LogP contribution in [0.3, 0.4) is 0 Å². The molecule has 2 heteroatoms. The molecule has 1 nitrogen and oxygen atoms in total. The molecule has 200 valence electrons. The van der Waals surface area contributed by atoms with E-state index >= 15 is 0 Å². The van der Waals surface area contributed by atoms with Gasteiger partial charge in [-0.25, -0.2) is 0 Å². The van der Waals surface area contributed by atoms with Gasteiger partial charge in [0.2, 0.25) is 6.71 Å². The fourth-order valence-corrected chi connectivity index (χ4v) is 7.45. The Labute approximate surface area is 252 Å². The molecule has 1 heterocycles. The van der Waals surface area contributed by atoms with Crippen LogP contribution in [0.1, 0.15) is 11.1 Å². The quantitative estimate of drug-likeness (QED) is 0.158. The molecule has 0 spiro atoms. The van der Waals surface area contributed by atoms with Gasteiger partial charge in [-0.2, -0.15) is 0 Å². The summed E-state index contributed by atoms with van der Waals surface area (Å²) in [6.07, 6.45) is 0.957. The van der Waals surface area contributed by atoms with E-state index in [0.29, 0.717) is 0 Å². The summed E-state index contributed by atoms with van der Waals surface area (Å²) in [6.45, 7) is 0.146. The Balaban J connectivity index is 1.33. The second-order valence-corrected chi connectivity index (χ2v) is 11.7. The van der Waals surface area contributed by atoms with Gasteiger partial charge in [-0.15, -0.1) is 0 Å². The fraction of sp³-hybridized carbons (Fsp3) is 0.0244. The van der Waals surface area contributed by atoms with Crippen LogP contribution in [0.25, 0.3) is 32.3 Å². The lowest BCUT2D eigenvalue weighted by molar-refractivity contribution is 1.09. The summed E-state index contributed by atoms with van der Waals surface area (Å²) in [6, 6.07) is 58.2. The minimum absolute atomic E-state index is 0.146. The number of benzene rings is 8. The van der Waals surface area contributed by atoms with Crippen molar-refractivity contribution in [3.8, 4) is 0 Å². The molecule has 0 saturated carbocycles. The number of hydrogen-bond donors (Lipinski definition) is 0. The van der Waals surface area contributed by atoms with Crippen molar-refractivity contribution in [2.75, 3.05) is 4.90 Å². The molecule has 0 amide bonds. The Morgan fingerprint density at radius 1 is 0.395 bits per heavy atom. The van der Waals surface area contributed by atoms with Crippen LogP contribution < -0.4 is 21.3 Å². The molecule has 1 aliphatic rings. The van der Waals surface area contributed by atoms with Crippen molar-refractivity contribution in [1.82, 2.24) is 0 Å². The Morgan fingerprint density at radius 3 is 1.51 bits per heavy atom. The van der Waals surface area contributed by atoms with E-state index < -0.39 is 0 Å². The van der Waals surface area contributed by atoms with E-state index in [1.54, 1.807) is 0 Å². The van der Waals surface area contributed by atoms with E-state index in [1.165, 1.54) is 76.9 Å². The summed E-state index contributed by atoms with van der Waals surface area (Å²) in [5.41, 5.74) is 10.5. The van der Waals surface area contributed by atoms with E-state index in [-0.39, 0.29) is 6.71 Å². The van der Waals surface area contributed by atoms with Crippen LogP contribution >= 0.6 is 0 Å². The SMILES string of the molecule is c1ccc(B(c2ccccc2)c2ccc3ccc4c(N5c6ccccc6Cc6ccccc65)ccc5ccc2c3c54)cc1. The van der Waals surface area contributed by atoms with Gasteiger partial charge < -0.3 is 4.90 Å². The van der Waals surface area contributed by atoms with Crippen LogP contribution in [0.5, 0.6) is 0 Å². The topological polar surface area (TPSA) is 3.24 Å². The third kappa shape index (κ3) is 3.73. The monoisotopic (exact) mass is 545 g/mol. The molecule has 1 aliphatic heterocycles. The second-order valence-electron chi connectivity index (χ2n) is 11.7. The smallest absolute Gasteiger partial charge is 0.241 e. The highest BCUT2D eigenvalue weighted by molar-refractivity contribution is 6.97. The van der Waals surface area contributed by atoms with Crippen molar-refractivity contribution in [3.63, 3.8) is 0 Å². The van der Waals surface area contributed by atoms with Gasteiger partial charge in [0, 0.05) is 23.2 Å². The summed E-state index contributed by atoms with van der Waals surface area (Å²) in [4.78, 5) is 2.48. The predicted molar refractivity (Wildman–Crippen MR) is 185 cm³/mol. The summed E-state index contributed by atoms with van der Waals surface area (Å²) >= 11 is 0. The molecule has 8 aromatic carbocycles. The van der Waals surface area contributed by atoms with Gasteiger partial charge in [-0.3, -0.25) is 0 Å². The first-order chi connectivity index (χ1) is 21.3. The van der Waals surface area contributed by atoms with Crippen molar-refractivity contribution < 1.29 is 0 Å². The minimum Gasteiger partial charge on any atom is -0.309 e. The van der Waals surface area contributed by atoms with Crippen LogP contribution in [-0.4, -0.2) is 6.71 Å². The van der Waals surface area contributed by atoms with Crippen LogP contribution in [-0.2, 0) is 6.42 Å². The van der Waals surface area contributed by atoms with Crippen molar-refractivity contribution in [2.45, 2.75) is 6.42 Å². The standard InChI is InChI=1S/C41H28BN/c1-3-13-32(14-4-1)42(33-15-5-2-6-16-33)36-25-21-28-20-24-35-39(26-22-29-19-23-34(36)40(28)41(29)35)43-37-17-9-7-11-30(37)27-31-12-8-10-18-38(31)43/h1-26H,27H2. The van der Waals surface area contributed by atoms with Crippen LogP contribution in [0.15, 0.2) is 158 Å². The first-order valence-corrected chi connectivity index (χ1v) is 15.1. The Kier molecular flexibility index (Phi) is 5.43. The molecule has 8 aromatic rings. The van der Waals surface area contributed by atoms with Gasteiger partial charge in [0.05, 0.1) is 5.69 Å². The van der Waals surface area contributed by atoms with Gasteiger partial charge in [0.1, 0.15) is 0 Å². The highest BCUT2D eigenvalue weighted by Crippen LogP contribution is 2.47. The number of nitrogens with zero attached hydrogens (tertiary/aromatic N) is 1. The molecule has 0 atom stereocenters. The Morgan fingerprint density at radius 2 is 0.884 bits per heavy atom.